The number of rotatable bonds is 6. The fourth-order valence-corrected chi connectivity index (χ4v) is 2.05. The zero-order valence-electron chi connectivity index (χ0n) is 12.3. The van der Waals surface area contributed by atoms with Gasteiger partial charge in [0.1, 0.15) is 6.17 Å². The summed E-state index contributed by atoms with van der Waals surface area (Å²) in [5.74, 6) is 0.373. The molecule has 1 rings (SSSR count). The van der Waals surface area contributed by atoms with Gasteiger partial charge in [0.2, 0.25) is 11.9 Å². The lowest BCUT2D eigenvalue weighted by Gasteiger charge is -2.48. The molecule has 1 heterocycles. The Kier molecular flexibility index (Phi) is 5.10. The lowest BCUT2D eigenvalue weighted by molar-refractivity contribution is -0.368. The molecule has 0 aromatic rings. The van der Waals surface area contributed by atoms with Crippen molar-refractivity contribution in [3.05, 3.63) is 0 Å². The van der Waals surface area contributed by atoms with Gasteiger partial charge in [-0.25, -0.2) is 9.89 Å². The Morgan fingerprint density at radius 3 is 2.16 bits per heavy atom. The minimum Gasteiger partial charge on any atom is -0.369 e. The Labute approximate surface area is 114 Å². The molecule has 0 bridgehead atoms. The highest BCUT2D eigenvalue weighted by atomic mass is 16.7. The van der Waals surface area contributed by atoms with Crippen molar-refractivity contribution in [2.24, 2.45) is 21.5 Å². The van der Waals surface area contributed by atoms with Crippen LogP contribution < -0.4 is 11.5 Å². The van der Waals surface area contributed by atoms with Crippen LogP contribution >= 0.6 is 0 Å². The van der Waals surface area contributed by atoms with Gasteiger partial charge in [-0.15, -0.1) is 0 Å². The van der Waals surface area contributed by atoms with Gasteiger partial charge in [-0.05, 0) is 34.9 Å². The van der Waals surface area contributed by atoms with Crippen molar-refractivity contribution in [1.82, 2.24) is 9.80 Å². The second kappa shape index (κ2) is 6.18. The van der Waals surface area contributed by atoms with Gasteiger partial charge in [-0.2, -0.15) is 4.99 Å². The zero-order chi connectivity index (χ0) is 14.6. The van der Waals surface area contributed by atoms with E-state index >= 15 is 0 Å². The third kappa shape index (κ3) is 2.96. The molecular weight excluding hydrogens is 248 g/mol. The van der Waals surface area contributed by atoms with E-state index in [1.807, 2.05) is 34.9 Å². The lowest BCUT2D eigenvalue weighted by atomic mass is 10.4. The number of hydrogen-bond donors (Lipinski definition) is 2. The third-order valence-corrected chi connectivity index (χ3v) is 2.70. The number of guanidine groups is 2. The van der Waals surface area contributed by atoms with E-state index in [9.17, 15) is 0 Å². The maximum Gasteiger partial charge on any atom is 0.323 e. The second-order valence-electron chi connectivity index (χ2n) is 4.27. The molecule has 8 heteroatoms. The molecule has 1 aliphatic heterocycles. The van der Waals surface area contributed by atoms with E-state index in [2.05, 4.69) is 9.98 Å². The molecule has 110 valence electrons. The molecule has 8 nitrogen and oxygen atoms in total. The molecule has 0 aromatic carbocycles. The van der Waals surface area contributed by atoms with Crippen molar-refractivity contribution >= 4 is 11.9 Å². The summed E-state index contributed by atoms with van der Waals surface area (Å²) in [5, 5.41) is 0. The van der Waals surface area contributed by atoms with Gasteiger partial charge in [0.25, 0.3) is 0 Å². The molecule has 0 aromatic heterocycles. The summed E-state index contributed by atoms with van der Waals surface area (Å²) in [6.07, 6.45) is -0.335. The lowest BCUT2D eigenvalue weighted by Crippen LogP contribution is -2.68. The Balaban J connectivity index is 3.20. The van der Waals surface area contributed by atoms with Gasteiger partial charge >= 0.3 is 6.03 Å². The first-order valence-corrected chi connectivity index (χ1v) is 6.31. The molecule has 1 aliphatic rings. The van der Waals surface area contributed by atoms with Crippen molar-refractivity contribution < 1.29 is 9.47 Å². The van der Waals surface area contributed by atoms with Gasteiger partial charge in [0.05, 0.1) is 13.2 Å². The van der Waals surface area contributed by atoms with E-state index in [1.165, 1.54) is 0 Å². The standard InChI is InChI=1S/C11H24N6O2/c1-6-18-11(16(4)5,19-7-2)17-8(3)14-9(12)15-10(17)13/h8H,6-7H2,1-5H3,(H4,12,13,14,15). The van der Waals surface area contributed by atoms with E-state index in [1.54, 1.807) is 9.80 Å². The molecule has 0 saturated heterocycles. The van der Waals surface area contributed by atoms with E-state index in [-0.39, 0.29) is 18.1 Å². The van der Waals surface area contributed by atoms with Crippen LogP contribution in [0.5, 0.6) is 0 Å². The molecular formula is C11H24N6O2. The molecule has 0 radical (unpaired) electrons. The van der Waals surface area contributed by atoms with Crippen LogP contribution in [0.3, 0.4) is 0 Å². The van der Waals surface area contributed by atoms with Gasteiger partial charge < -0.3 is 20.9 Å². The number of nitrogens with two attached hydrogens (primary N) is 2. The minimum atomic E-state index is -1.15. The van der Waals surface area contributed by atoms with Crippen LogP contribution in [-0.4, -0.2) is 61.2 Å². The monoisotopic (exact) mass is 272 g/mol. The van der Waals surface area contributed by atoms with Gasteiger partial charge in [0, 0.05) is 0 Å². The SMILES string of the molecule is CCOC(OCC)(N(C)C)N1C(N)=NC(N)=NC1C. The number of ether oxygens (including phenoxy) is 2. The van der Waals surface area contributed by atoms with E-state index < -0.39 is 6.03 Å². The summed E-state index contributed by atoms with van der Waals surface area (Å²) in [5.41, 5.74) is 11.6. The molecule has 0 amide bonds. The molecule has 1 atom stereocenters. The summed E-state index contributed by atoms with van der Waals surface area (Å²) in [6, 6.07) is -1.15. The highest BCUT2D eigenvalue weighted by Crippen LogP contribution is 2.26. The van der Waals surface area contributed by atoms with Crippen LogP contribution in [-0.2, 0) is 9.47 Å². The van der Waals surface area contributed by atoms with E-state index in [0.717, 1.165) is 0 Å². The summed E-state index contributed by atoms with van der Waals surface area (Å²) in [6.45, 7) is 6.53. The summed E-state index contributed by atoms with van der Waals surface area (Å²) in [4.78, 5) is 11.6. The molecule has 4 N–H and O–H groups in total. The molecule has 1 unspecified atom stereocenters. The van der Waals surface area contributed by atoms with Crippen LogP contribution in [0.2, 0.25) is 0 Å². The predicted molar refractivity (Wildman–Crippen MR) is 74.2 cm³/mol. The highest BCUT2D eigenvalue weighted by Gasteiger charge is 2.46. The quantitative estimate of drug-likeness (QED) is 0.633. The predicted octanol–water partition coefficient (Wildman–Crippen LogP) is -0.477. The Morgan fingerprint density at radius 1 is 1.26 bits per heavy atom. The topological polar surface area (TPSA) is 102 Å². The van der Waals surface area contributed by atoms with E-state index in [0.29, 0.717) is 13.2 Å². The van der Waals surface area contributed by atoms with Crippen LogP contribution in [0.25, 0.3) is 0 Å². The van der Waals surface area contributed by atoms with Crippen LogP contribution in [0.4, 0.5) is 0 Å². The third-order valence-electron chi connectivity index (χ3n) is 2.70. The maximum atomic E-state index is 5.97. The van der Waals surface area contributed by atoms with Crippen molar-refractivity contribution in [3.8, 4) is 0 Å². The maximum absolute atomic E-state index is 5.97. The molecule has 0 saturated carbocycles. The first kappa shape index (κ1) is 15.7. The zero-order valence-corrected chi connectivity index (χ0v) is 12.3. The number of aliphatic imine (C=N–C) groups is 2. The summed E-state index contributed by atoms with van der Waals surface area (Å²) in [7, 11) is 3.68. The molecule has 0 aliphatic carbocycles. The van der Waals surface area contributed by atoms with Crippen molar-refractivity contribution in [2.45, 2.75) is 33.0 Å². The van der Waals surface area contributed by atoms with Gasteiger partial charge in [0.15, 0.2) is 0 Å². The van der Waals surface area contributed by atoms with Crippen LogP contribution in [0.1, 0.15) is 20.8 Å². The number of hydrogen-bond acceptors (Lipinski definition) is 8. The second-order valence-corrected chi connectivity index (χ2v) is 4.27. The normalized spacial score (nSPS) is 20.5. The fourth-order valence-electron chi connectivity index (χ4n) is 2.05. The van der Waals surface area contributed by atoms with Crippen LogP contribution in [0.15, 0.2) is 9.98 Å². The Morgan fingerprint density at radius 2 is 1.79 bits per heavy atom. The Hall–Kier alpha value is -1.38. The highest BCUT2D eigenvalue weighted by molar-refractivity contribution is 5.95. The average molecular weight is 272 g/mol. The first-order chi connectivity index (χ1) is 8.89. The van der Waals surface area contributed by atoms with Gasteiger partial charge in [-0.3, -0.25) is 4.90 Å². The first-order valence-electron chi connectivity index (χ1n) is 6.31. The average Bonchev–Trinajstić information content (AvgIpc) is 2.27. The fraction of sp³-hybridized carbons (Fsp3) is 0.818. The summed E-state index contributed by atoms with van der Waals surface area (Å²) < 4.78 is 11.6. The largest absolute Gasteiger partial charge is 0.369 e. The minimum absolute atomic E-state index is 0.155. The molecule has 0 spiro atoms. The smallest absolute Gasteiger partial charge is 0.323 e. The van der Waals surface area contributed by atoms with E-state index in [4.69, 9.17) is 20.9 Å². The van der Waals surface area contributed by atoms with Crippen molar-refractivity contribution in [3.63, 3.8) is 0 Å². The summed E-state index contributed by atoms with van der Waals surface area (Å²) >= 11 is 0. The Bertz CT molecular complexity index is 362. The van der Waals surface area contributed by atoms with Crippen LogP contribution in [0, 0.1) is 0 Å². The van der Waals surface area contributed by atoms with Crippen molar-refractivity contribution in [1.29, 1.82) is 0 Å². The van der Waals surface area contributed by atoms with Crippen molar-refractivity contribution in [2.75, 3.05) is 27.3 Å². The molecule has 0 fully saturated rings. The number of nitrogens with zero attached hydrogens (tertiary/aromatic N) is 4. The van der Waals surface area contributed by atoms with Gasteiger partial charge in [-0.1, -0.05) is 0 Å². The molecule has 19 heavy (non-hydrogen) atoms.